The molecule has 6 rings (SSSR count). The minimum absolute atomic E-state index is 0.227. The SMILES string of the molecule is CC(C)C1(C(C)C)CO[C@@H]2c3ccccc3OC[C@@H]2C1.CC(C)C1(C(C)C)CO[C@H]2c3ccccc3OC[C@@H]2C1. The molecule has 4 aliphatic rings. The predicted octanol–water partition coefficient (Wildman–Crippen LogP) is 8.91. The van der Waals surface area contributed by atoms with Crippen LogP contribution in [0.25, 0.3) is 0 Å². The molecular formula is C36H52O4. The molecule has 0 aliphatic carbocycles. The van der Waals surface area contributed by atoms with E-state index in [0.29, 0.717) is 35.5 Å². The molecular weight excluding hydrogens is 496 g/mol. The number of rotatable bonds is 4. The molecule has 0 amide bonds. The Labute approximate surface area is 243 Å². The Bertz CT molecular complexity index is 1030. The van der Waals surface area contributed by atoms with Gasteiger partial charge in [0, 0.05) is 23.0 Å². The van der Waals surface area contributed by atoms with Crippen molar-refractivity contribution in [2.45, 2.75) is 80.4 Å². The van der Waals surface area contributed by atoms with Gasteiger partial charge in [0.05, 0.1) is 38.6 Å². The van der Waals surface area contributed by atoms with Crippen LogP contribution in [-0.4, -0.2) is 26.4 Å². The third-order valence-electron chi connectivity index (χ3n) is 11.2. The van der Waals surface area contributed by atoms with Crippen LogP contribution in [-0.2, 0) is 9.47 Å². The van der Waals surface area contributed by atoms with Crippen LogP contribution in [0.15, 0.2) is 48.5 Å². The molecule has 4 atom stereocenters. The second-order valence-corrected chi connectivity index (χ2v) is 14.2. The number of fused-ring (bicyclic) bond motifs is 6. The van der Waals surface area contributed by atoms with Crippen LogP contribution in [0.3, 0.4) is 0 Å². The van der Waals surface area contributed by atoms with E-state index in [9.17, 15) is 0 Å². The maximum absolute atomic E-state index is 6.37. The van der Waals surface area contributed by atoms with Crippen molar-refractivity contribution in [1.82, 2.24) is 0 Å². The molecule has 0 spiro atoms. The number of hydrogen-bond acceptors (Lipinski definition) is 4. The summed E-state index contributed by atoms with van der Waals surface area (Å²) in [5, 5.41) is 0. The van der Waals surface area contributed by atoms with Crippen LogP contribution in [0.5, 0.6) is 11.5 Å². The molecule has 40 heavy (non-hydrogen) atoms. The predicted molar refractivity (Wildman–Crippen MR) is 162 cm³/mol. The first-order valence-corrected chi connectivity index (χ1v) is 15.8. The van der Waals surface area contributed by atoms with E-state index in [4.69, 9.17) is 18.9 Å². The van der Waals surface area contributed by atoms with Gasteiger partial charge in [-0.15, -0.1) is 0 Å². The average molecular weight is 549 g/mol. The third kappa shape index (κ3) is 5.20. The standard InChI is InChI=1S/2C18H26O2/c2*1-12(2)18(13(3)4)9-14-10-19-16-8-6-5-7-15(16)17(14)20-11-18/h2*5-8,12-14,17H,9-11H2,1-4H3/t14-,17+;14-,17-/m00/s1. The highest BCUT2D eigenvalue weighted by Gasteiger charge is 2.49. The molecule has 0 N–H and O–H groups in total. The Morgan fingerprint density at radius 1 is 0.550 bits per heavy atom. The monoisotopic (exact) mass is 548 g/mol. The molecule has 4 heteroatoms. The van der Waals surface area contributed by atoms with E-state index < -0.39 is 0 Å². The first-order chi connectivity index (χ1) is 19.1. The maximum atomic E-state index is 6.37. The van der Waals surface area contributed by atoms with Gasteiger partial charge in [0.25, 0.3) is 0 Å². The number of hydrogen-bond donors (Lipinski definition) is 0. The van der Waals surface area contributed by atoms with E-state index >= 15 is 0 Å². The van der Waals surface area contributed by atoms with Crippen molar-refractivity contribution >= 4 is 0 Å². The minimum atomic E-state index is 0.227. The fourth-order valence-electron chi connectivity index (χ4n) is 8.08. The van der Waals surface area contributed by atoms with Crippen LogP contribution in [0.4, 0.5) is 0 Å². The van der Waals surface area contributed by atoms with Gasteiger partial charge in [0.1, 0.15) is 11.5 Å². The summed E-state index contributed by atoms with van der Waals surface area (Å²) in [5.74, 6) is 5.56. The van der Waals surface area contributed by atoms with Crippen LogP contribution < -0.4 is 9.47 Å². The Morgan fingerprint density at radius 2 is 0.900 bits per heavy atom. The number of ether oxygens (including phenoxy) is 4. The van der Waals surface area contributed by atoms with Crippen molar-refractivity contribution in [2.75, 3.05) is 26.4 Å². The summed E-state index contributed by atoms with van der Waals surface area (Å²) in [6.45, 7) is 22.0. The van der Waals surface area contributed by atoms with Crippen molar-refractivity contribution in [3.8, 4) is 11.5 Å². The van der Waals surface area contributed by atoms with Crippen molar-refractivity contribution in [3.63, 3.8) is 0 Å². The largest absolute Gasteiger partial charge is 0.493 e. The molecule has 0 aromatic heterocycles. The van der Waals surface area contributed by atoms with E-state index in [2.05, 4.69) is 91.8 Å². The summed E-state index contributed by atoms with van der Waals surface area (Å²) in [5.41, 5.74) is 3.06. The Hall–Kier alpha value is -2.04. The van der Waals surface area contributed by atoms with Crippen molar-refractivity contribution in [1.29, 1.82) is 0 Å². The van der Waals surface area contributed by atoms with Gasteiger partial charge in [-0.1, -0.05) is 91.8 Å². The summed E-state index contributed by atoms with van der Waals surface area (Å²) in [4.78, 5) is 0. The molecule has 2 saturated heterocycles. The van der Waals surface area contributed by atoms with Crippen LogP contribution in [0.1, 0.15) is 91.6 Å². The first kappa shape index (κ1) is 29.5. The summed E-state index contributed by atoms with van der Waals surface area (Å²) in [6.07, 6.45) is 2.87. The molecule has 4 heterocycles. The molecule has 220 valence electrons. The van der Waals surface area contributed by atoms with Gasteiger partial charge < -0.3 is 18.9 Å². The van der Waals surface area contributed by atoms with Gasteiger partial charge in [-0.25, -0.2) is 0 Å². The summed E-state index contributed by atoms with van der Waals surface area (Å²) < 4.78 is 24.7. The van der Waals surface area contributed by atoms with E-state index in [0.717, 1.165) is 37.9 Å². The fourth-order valence-corrected chi connectivity index (χ4v) is 8.08. The average Bonchev–Trinajstić information content (AvgIpc) is 2.96. The first-order valence-electron chi connectivity index (χ1n) is 15.8. The van der Waals surface area contributed by atoms with Gasteiger partial charge in [0.2, 0.25) is 0 Å². The van der Waals surface area contributed by atoms with Crippen LogP contribution in [0, 0.1) is 46.3 Å². The highest BCUT2D eigenvalue weighted by molar-refractivity contribution is 5.38. The fraction of sp³-hybridized carbons (Fsp3) is 0.667. The molecule has 0 radical (unpaired) electrons. The van der Waals surface area contributed by atoms with Gasteiger partial charge >= 0.3 is 0 Å². The molecule has 0 bridgehead atoms. The van der Waals surface area contributed by atoms with Gasteiger partial charge in [-0.3, -0.25) is 0 Å². The van der Waals surface area contributed by atoms with Crippen molar-refractivity contribution in [2.24, 2.45) is 46.3 Å². The molecule has 0 unspecified atom stereocenters. The summed E-state index contributed by atoms with van der Waals surface area (Å²) in [6, 6.07) is 16.7. The van der Waals surface area contributed by atoms with E-state index in [-0.39, 0.29) is 23.0 Å². The van der Waals surface area contributed by atoms with E-state index in [1.54, 1.807) is 0 Å². The lowest BCUT2D eigenvalue weighted by atomic mass is 9.62. The highest BCUT2D eigenvalue weighted by atomic mass is 16.5. The van der Waals surface area contributed by atoms with Crippen molar-refractivity contribution < 1.29 is 18.9 Å². The van der Waals surface area contributed by atoms with E-state index in [1.165, 1.54) is 24.0 Å². The molecule has 4 nitrogen and oxygen atoms in total. The van der Waals surface area contributed by atoms with Gasteiger partial charge in [0.15, 0.2) is 0 Å². The van der Waals surface area contributed by atoms with Crippen LogP contribution >= 0.6 is 0 Å². The lowest BCUT2D eigenvalue weighted by Gasteiger charge is -2.51. The number of para-hydroxylation sites is 2. The maximum Gasteiger partial charge on any atom is 0.125 e. The van der Waals surface area contributed by atoms with Crippen LogP contribution in [0.2, 0.25) is 0 Å². The Kier molecular flexibility index (Phi) is 8.60. The van der Waals surface area contributed by atoms with E-state index in [1.807, 2.05) is 12.1 Å². The summed E-state index contributed by atoms with van der Waals surface area (Å²) in [7, 11) is 0. The number of benzene rings is 2. The summed E-state index contributed by atoms with van der Waals surface area (Å²) >= 11 is 0. The third-order valence-corrected chi connectivity index (χ3v) is 11.2. The quantitative estimate of drug-likeness (QED) is 0.382. The normalized spacial score (nSPS) is 27.9. The molecule has 0 saturated carbocycles. The van der Waals surface area contributed by atoms with Gasteiger partial charge in [-0.2, -0.15) is 0 Å². The zero-order chi connectivity index (χ0) is 28.7. The molecule has 2 aromatic rings. The lowest BCUT2D eigenvalue weighted by Crippen LogP contribution is -2.47. The second kappa shape index (κ2) is 11.7. The molecule has 4 aliphatic heterocycles. The highest BCUT2D eigenvalue weighted by Crippen LogP contribution is 2.54. The van der Waals surface area contributed by atoms with Gasteiger partial charge in [-0.05, 0) is 59.5 Å². The zero-order valence-corrected chi connectivity index (χ0v) is 26.1. The van der Waals surface area contributed by atoms with Crippen molar-refractivity contribution in [3.05, 3.63) is 59.7 Å². The topological polar surface area (TPSA) is 36.9 Å². The molecule has 2 fully saturated rings. The minimum Gasteiger partial charge on any atom is -0.493 e. The molecule has 2 aromatic carbocycles. The second-order valence-electron chi connectivity index (χ2n) is 14.2. The Balaban J connectivity index is 0.000000161. The lowest BCUT2D eigenvalue weighted by molar-refractivity contribution is -0.151. The smallest absolute Gasteiger partial charge is 0.125 e. The Morgan fingerprint density at radius 3 is 1.25 bits per heavy atom. The zero-order valence-electron chi connectivity index (χ0n) is 26.1.